The molecule has 2 heterocycles. The predicted molar refractivity (Wildman–Crippen MR) is 180 cm³/mol. The number of nitrogens with zero attached hydrogens (tertiary/aromatic N) is 3. The van der Waals surface area contributed by atoms with Crippen LogP contribution in [0.25, 0.3) is 22.0 Å². The second-order valence-corrected chi connectivity index (χ2v) is 15.4. The molecule has 1 amide bonds. The first-order valence-corrected chi connectivity index (χ1v) is 17.5. The minimum atomic E-state index is -4.63. The summed E-state index contributed by atoms with van der Waals surface area (Å²) in [7, 11) is -1.21. The minimum absolute atomic E-state index is 0.0588. The highest BCUT2D eigenvalue weighted by molar-refractivity contribution is 8.00. The molecule has 0 radical (unpaired) electrons. The lowest BCUT2D eigenvalue weighted by molar-refractivity contribution is -0.141. The second-order valence-electron chi connectivity index (χ2n) is 11.7. The molecular weight excluding hydrogens is 693 g/mol. The van der Waals surface area contributed by atoms with E-state index in [1.165, 1.54) is 24.1 Å². The fourth-order valence-corrected chi connectivity index (χ4v) is 7.49. The zero-order valence-electron chi connectivity index (χ0n) is 26.1. The molecular formula is C33H31ClF5N5O2S2. The number of carbonyl (C=O) groups is 1. The molecule has 2 aromatic heterocycles. The predicted octanol–water partition coefficient (Wildman–Crippen LogP) is 7.74. The van der Waals surface area contributed by atoms with Crippen LogP contribution in [0.15, 0.2) is 42.5 Å². The molecule has 254 valence electrons. The molecule has 0 bridgehead atoms. The average Bonchev–Trinajstić information content (AvgIpc) is 3.80. The van der Waals surface area contributed by atoms with Gasteiger partial charge in [-0.05, 0) is 74.9 Å². The number of alkyl halides is 3. The van der Waals surface area contributed by atoms with E-state index in [2.05, 4.69) is 27.0 Å². The molecule has 2 N–H and O–H groups in total. The molecule has 1 aliphatic carbocycles. The third-order valence-corrected chi connectivity index (χ3v) is 10.6. The van der Waals surface area contributed by atoms with Gasteiger partial charge in [0.2, 0.25) is 6.41 Å². The van der Waals surface area contributed by atoms with Crippen LogP contribution in [0.5, 0.6) is 0 Å². The number of rotatable bonds is 12. The number of anilines is 1. The van der Waals surface area contributed by atoms with Gasteiger partial charge in [-0.3, -0.25) is 13.7 Å². The molecule has 48 heavy (non-hydrogen) atoms. The average molecular weight is 724 g/mol. The summed E-state index contributed by atoms with van der Waals surface area (Å²) >= 11 is 7.79. The Morgan fingerprint density at radius 1 is 1.12 bits per heavy atom. The van der Waals surface area contributed by atoms with Crippen LogP contribution in [-0.4, -0.2) is 47.3 Å². The van der Waals surface area contributed by atoms with Gasteiger partial charge in [-0.2, -0.15) is 18.3 Å². The number of amides is 1. The number of hydrogen-bond donors (Lipinski definition) is 2. The lowest BCUT2D eigenvalue weighted by Gasteiger charge is -2.21. The summed E-state index contributed by atoms with van der Waals surface area (Å²) in [5.41, 5.74) is 1.22. The van der Waals surface area contributed by atoms with Crippen molar-refractivity contribution in [3.8, 4) is 23.0 Å². The number of carbonyl (C=O) groups excluding carboxylic acids is 1. The van der Waals surface area contributed by atoms with E-state index >= 15 is 0 Å². The van der Waals surface area contributed by atoms with Crippen molar-refractivity contribution in [1.29, 1.82) is 0 Å². The standard InChI is InChI=1S/C33H31ClF5N5O2S2/c1-4-47-43-31-28-26(34)10-9-25(30(28)44(42-31)17-33(37,38)39)24-8-5-22(11-12-32(2,3)48(46)23-6-7-23)41-29(24)27(40-18-45)15-19-13-20(35)16-21(36)14-19/h5,8-10,13-14,16,18,23,27H,4,6-7,15,17H2,1-3H3,(H,40,45)(H,42,43). The first-order chi connectivity index (χ1) is 22.7. The Hall–Kier alpha value is -3.67. The van der Waals surface area contributed by atoms with Crippen molar-refractivity contribution < 1.29 is 31.0 Å². The van der Waals surface area contributed by atoms with E-state index in [1.54, 1.807) is 26.0 Å². The Morgan fingerprint density at radius 2 is 1.81 bits per heavy atom. The molecule has 5 rings (SSSR count). The van der Waals surface area contributed by atoms with Crippen molar-refractivity contribution in [2.75, 3.05) is 10.5 Å². The molecule has 0 spiro atoms. The summed E-state index contributed by atoms with van der Waals surface area (Å²) in [6, 6.07) is 8.17. The molecule has 1 fully saturated rings. The monoisotopic (exact) mass is 723 g/mol. The van der Waals surface area contributed by atoms with Crippen LogP contribution in [0.3, 0.4) is 0 Å². The van der Waals surface area contributed by atoms with Crippen LogP contribution in [0.2, 0.25) is 5.02 Å². The summed E-state index contributed by atoms with van der Waals surface area (Å²) in [5.74, 6) is 5.09. The maximum Gasteiger partial charge on any atom is 0.408 e. The number of hydrogen-bond acceptors (Lipinski definition) is 6. The minimum Gasteiger partial charge on any atom is -0.350 e. The third-order valence-electron chi connectivity index (χ3n) is 7.48. The lowest BCUT2D eigenvalue weighted by atomic mass is 9.94. The molecule has 1 aliphatic rings. The largest absolute Gasteiger partial charge is 0.408 e. The lowest BCUT2D eigenvalue weighted by Crippen LogP contribution is -2.27. The Labute approximate surface area is 286 Å². The van der Waals surface area contributed by atoms with Gasteiger partial charge in [0, 0.05) is 39.0 Å². The van der Waals surface area contributed by atoms with Gasteiger partial charge in [-0.1, -0.05) is 42.5 Å². The summed E-state index contributed by atoms with van der Waals surface area (Å²) < 4.78 is 85.8. The van der Waals surface area contributed by atoms with Gasteiger partial charge in [0.05, 0.1) is 27.7 Å². The van der Waals surface area contributed by atoms with Gasteiger partial charge in [-0.15, -0.1) is 0 Å². The fourth-order valence-electron chi connectivity index (χ4n) is 5.28. The molecule has 7 nitrogen and oxygen atoms in total. The molecule has 4 aromatic rings. The molecule has 15 heteroatoms. The number of nitrogens with one attached hydrogen (secondary N) is 2. The molecule has 2 atom stereocenters. The SMILES string of the molecule is CCSNc1nn(CC(F)(F)F)c2c(-c3ccc(C#CC(C)(C)S(=O)C4CC4)nc3C(Cc3cc(F)cc(F)c3)NC=O)ccc(Cl)c12. The maximum absolute atomic E-state index is 14.2. The molecule has 0 saturated heterocycles. The number of aromatic nitrogens is 3. The van der Waals surface area contributed by atoms with Crippen molar-refractivity contribution in [2.45, 2.75) is 68.8 Å². The van der Waals surface area contributed by atoms with E-state index in [0.29, 0.717) is 23.8 Å². The zero-order valence-corrected chi connectivity index (χ0v) is 28.4. The number of pyridine rings is 1. The highest BCUT2D eigenvalue weighted by atomic mass is 35.5. The van der Waals surface area contributed by atoms with Crippen molar-refractivity contribution in [2.24, 2.45) is 0 Å². The van der Waals surface area contributed by atoms with Crippen LogP contribution >= 0.6 is 23.5 Å². The van der Waals surface area contributed by atoms with E-state index in [9.17, 15) is 31.0 Å². The van der Waals surface area contributed by atoms with E-state index in [-0.39, 0.29) is 55.9 Å². The van der Waals surface area contributed by atoms with Gasteiger partial charge < -0.3 is 10.0 Å². The van der Waals surface area contributed by atoms with Crippen LogP contribution in [0.4, 0.5) is 27.8 Å². The Bertz CT molecular complexity index is 1920. The molecule has 1 saturated carbocycles. The Kier molecular flexibility index (Phi) is 10.7. The van der Waals surface area contributed by atoms with Crippen molar-refractivity contribution in [3.05, 3.63) is 76.1 Å². The first-order valence-electron chi connectivity index (χ1n) is 14.9. The van der Waals surface area contributed by atoms with Crippen molar-refractivity contribution >= 4 is 57.5 Å². The summed E-state index contributed by atoms with van der Waals surface area (Å²) in [6.45, 7) is 3.98. The third kappa shape index (κ3) is 8.30. The summed E-state index contributed by atoms with van der Waals surface area (Å²) in [6.07, 6.45) is -2.63. The van der Waals surface area contributed by atoms with Gasteiger partial charge in [0.15, 0.2) is 5.82 Å². The van der Waals surface area contributed by atoms with Crippen LogP contribution in [-0.2, 0) is 28.6 Å². The second kappa shape index (κ2) is 14.4. The highest BCUT2D eigenvalue weighted by Crippen LogP contribution is 2.41. The molecule has 2 unspecified atom stereocenters. The van der Waals surface area contributed by atoms with E-state index in [1.807, 2.05) is 6.92 Å². The highest BCUT2D eigenvalue weighted by Gasteiger charge is 2.37. The summed E-state index contributed by atoms with van der Waals surface area (Å²) in [4.78, 5) is 16.6. The topological polar surface area (TPSA) is 88.9 Å². The van der Waals surface area contributed by atoms with Crippen LogP contribution < -0.4 is 10.0 Å². The molecule has 0 aliphatic heterocycles. The van der Waals surface area contributed by atoms with Crippen LogP contribution in [0, 0.1) is 23.5 Å². The maximum atomic E-state index is 14.2. The Morgan fingerprint density at radius 3 is 2.44 bits per heavy atom. The Balaban J connectivity index is 1.73. The quantitative estimate of drug-likeness (QED) is 0.0673. The van der Waals surface area contributed by atoms with Crippen molar-refractivity contribution in [1.82, 2.24) is 20.1 Å². The van der Waals surface area contributed by atoms with Gasteiger partial charge in [-0.25, -0.2) is 13.8 Å². The summed E-state index contributed by atoms with van der Waals surface area (Å²) in [5, 5.41) is 7.35. The van der Waals surface area contributed by atoms with E-state index in [0.717, 1.165) is 29.7 Å². The molecule has 2 aromatic carbocycles. The zero-order chi connectivity index (χ0) is 34.8. The first kappa shape index (κ1) is 35.6. The van der Waals surface area contributed by atoms with Gasteiger partial charge in [0.1, 0.15) is 28.6 Å². The van der Waals surface area contributed by atoms with Gasteiger partial charge >= 0.3 is 6.18 Å². The van der Waals surface area contributed by atoms with E-state index < -0.39 is 45.9 Å². The van der Waals surface area contributed by atoms with E-state index in [4.69, 9.17) is 16.6 Å². The normalized spacial score (nSPS) is 14.7. The number of fused-ring (bicyclic) bond motifs is 1. The fraction of sp³-hybridized carbons (Fsp3) is 0.364. The van der Waals surface area contributed by atoms with Gasteiger partial charge in [0.25, 0.3) is 0 Å². The van der Waals surface area contributed by atoms with Crippen molar-refractivity contribution in [3.63, 3.8) is 0 Å². The van der Waals surface area contributed by atoms with Crippen LogP contribution in [0.1, 0.15) is 56.6 Å². The number of halogens is 6. The smallest absolute Gasteiger partial charge is 0.350 e. The number of benzene rings is 2.